The van der Waals surface area contributed by atoms with Crippen molar-refractivity contribution in [2.45, 2.75) is 25.3 Å². The highest BCUT2D eigenvalue weighted by molar-refractivity contribution is 5.86. The van der Waals surface area contributed by atoms with Crippen molar-refractivity contribution in [3.8, 4) is 0 Å². The Labute approximate surface area is 125 Å². The van der Waals surface area contributed by atoms with Crippen LogP contribution in [0, 0.1) is 29.6 Å². The van der Waals surface area contributed by atoms with Crippen molar-refractivity contribution < 1.29 is 0 Å². The van der Waals surface area contributed by atoms with Gasteiger partial charge in [-0.25, -0.2) is 0 Å². The summed E-state index contributed by atoms with van der Waals surface area (Å²) in [5, 5.41) is 2.68. The first-order valence-electron chi connectivity index (χ1n) is 8.32. The molecule has 5 unspecified atom stereocenters. The summed E-state index contributed by atoms with van der Waals surface area (Å²) in [5.74, 6) is 10.7. The SMILES string of the molecule is NNC(c1cccc2ccccc12)C1C2C3CCC(C3)C21. The fourth-order valence-corrected chi connectivity index (χ4v) is 5.77. The van der Waals surface area contributed by atoms with Crippen molar-refractivity contribution in [2.75, 3.05) is 0 Å². The Morgan fingerprint density at radius 2 is 1.67 bits per heavy atom. The third kappa shape index (κ3) is 1.60. The Kier molecular flexibility index (Phi) is 2.50. The smallest absolute Gasteiger partial charge is 0.0500 e. The quantitative estimate of drug-likeness (QED) is 0.664. The van der Waals surface area contributed by atoms with Gasteiger partial charge in [0, 0.05) is 6.04 Å². The van der Waals surface area contributed by atoms with E-state index in [-0.39, 0.29) is 0 Å². The molecule has 0 amide bonds. The zero-order valence-corrected chi connectivity index (χ0v) is 12.2. The zero-order chi connectivity index (χ0) is 14.0. The van der Waals surface area contributed by atoms with Gasteiger partial charge in [0.15, 0.2) is 0 Å². The molecule has 5 atom stereocenters. The van der Waals surface area contributed by atoms with Gasteiger partial charge in [0.25, 0.3) is 0 Å². The predicted molar refractivity (Wildman–Crippen MR) is 85.3 cm³/mol. The molecule has 0 aliphatic heterocycles. The van der Waals surface area contributed by atoms with Crippen molar-refractivity contribution in [3.05, 3.63) is 48.0 Å². The molecule has 2 aromatic carbocycles. The summed E-state index contributed by atoms with van der Waals surface area (Å²) in [6.07, 6.45) is 4.43. The number of hydrogen-bond donors (Lipinski definition) is 2. The summed E-state index contributed by atoms with van der Waals surface area (Å²) in [6, 6.07) is 15.7. The lowest BCUT2D eigenvalue weighted by molar-refractivity contribution is 0.375. The molecule has 3 aliphatic rings. The average molecular weight is 278 g/mol. The van der Waals surface area contributed by atoms with E-state index < -0.39 is 0 Å². The first-order chi connectivity index (χ1) is 10.4. The largest absolute Gasteiger partial charge is 0.271 e. The Balaban J connectivity index is 1.56. The fourth-order valence-electron chi connectivity index (χ4n) is 5.77. The number of benzene rings is 2. The van der Waals surface area contributed by atoms with Crippen LogP contribution in [-0.2, 0) is 0 Å². The molecule has 2 bridgehead atoms. The molecule has 21 heavy (non-hydrogen) atoms. The van der Waals surface area contributed by atoms with Crippen LogP contribution >= 0.6 is 0 Å². The van der Waals surface area contributed by atoms with E-state index in [4.69, 9.17) is 5.84 Å². The number of nitrogens with two attached hydrogens (primary N) is 1. The Morgan fingerprint density at radius 1 is 0.952 bits per heavy atom. The molecular formula is C19H22N2. The summed E-state index contributed by atoms with van der Waals surface area (Å²) in [5.41, 5.74) is 4.57. The van der Waals surface area contributed by atoms with Crippen LogP contribution in [0.2, 0.25) is 0 Å². The number of rotatable bonds is 3. The summed E-state index contributed by atoms with van der Waals surface area (Å²) < 4.78 is 0. The third-order valence-corrected chi connectivity index (χ3v) is 6.52. The van der Waals surface area contributed by atoms with E-state index in [1.807, 2.05) is 0 Å². The van der Waals surface area contributed by atoms with Gasteiger partial charge in [0.2, 0.25) is 0 Å². The van der Waals surface area contributed by atoms with Crippen LogP contribution in [0.3, 0.4) is 0 Å². The van der Waals surface area contributed by atoms with Crippen LogP contribution in [0.25, 0.3) is 10.8 Å². The Bertz CT molecular complexity index is 674. The summed E-state index contributed by atoms with van der Waals surface area (Å²) in [7, 11) is 0. The van der Waals surface area contributed by atoms with E-state index >= 15 is 0 Å². The minimum atomic E-state index is 0.328. The standard InChI is InChI=1S/C19H22N2/c20-21-19(18-16-12-8-9-13(10-12)17(16)18)15-7-3-5-11-4-1-2-6-14(11)15/h1-7,12-13,16-19,21H,8-10,20H2. The van der Waals surface area contributed by atoms with Crippen LogP contribution in [-0.4, -0.2) is 0 Å². The van der Waals surface area contributed by atoms with Gasteiger partial charge >= 0.3 is 0 Å². The second kappa shape index (κ2) is 4.31. The van der Waals surface area contributed by atoms with E-state index in [1.54, 1.807) is 0 Å². The number of hydrogen-bond acceptors (Lipinski definition) is 2. The maximum atomic E-state index is 6.00. The monoisotopic (exact) mass is 278 g/mol. The molecule has 0 aromatic heterocycles. The highest BCUT2D eigenvalue weighted by atomic mass is 15.2. The van der Waals surface area contributed by atoms with Crippen LogP contribution in [0.1, 0.15) is 30.9 Å². The number of fused-ring (bicyclic) bond motifs is 6. The lowest BCUT2D eigenvalue weighted by Crippen LogP contribution is -2.31. The molecule has 5 rings (SSSR count). The van der Waals surface area contributed by atoms with Crippen molar-refractivity contribution >= 4 is 10.8 Å². The maximum Gasteiger partial charge on any atom is 0.0500 e. The van der Waals surface area contributed by atoms with E-state index in [2.05, 4.69) is 47.9 Å². The highest BCUT2D eigenvalue weighted by Gasteiger charge is 2.66. The fraction of sp³-hybridized carbons (Fsp3) is 0.474. The molecule has 2 aromatic rings. The molecule has 0 radical (unpaired) electrons. The Hall–Kier alpha value is -1.38. The molecular weight excluding hydrogens is 256 g/mol. The number of nitrogens with one attached hydrogen (secondary N) is 1. The van der Waals surface area contributed by atoms with E-state index in [0.29, 0.717) is 6.04 Å². The molecule has 3 aliphatic carbocycles. The van der Waals surface area contributed by atoms with Crippen molar-refractivity contribution in [2.24, 2.45) is 35.4 Å². The topological polar surface area (TPSA) is 38.0 Å². The number of hydrazine groups is 1. The first kappa shape index (κ1) is 12.2. The summed E-state index contributed by atoms with van der Waals surface area (Å²) in [6.45, 7) is 0. The van der Waals surface area contributed by atoms with Crippen LogP contribution in [0.4, 0.5) is 0 Å². The van der Waals surface area contributed by atoms with Gasteiger partial charge in [-0.1, -0.05) is 42.5 Å². The molecule has 0 saturated heterocycles. The molecule has 2 nitrogen and oxygen atoms in total. The van der Waals surface area contributed by atoms with Crippen molar-refractivity contribution in [1.82, 2.24) is 5.43 Å². The van der Waals surface area contributed by atoms with Crippen LogP contribution < -0.4 is 11.3 Å². The minimum absolute atomic E-state index is 0.328. The van der Waals surface area contributed by atoms with Gasteiger partial charge in [0.05, 0.1) is 0 Å². The Morgan fingerprint density at radius 3 is 2.43 bits per heavy atom. The van der Waals surface area contributed by atoms with Crippen molar-refractivity contribution in [3.63, 3.8) is 0 Å². The van der Waals surface area contributed by atoms with Crippen molar-refractivity contribution in [1.29, 1.82) is 0 Å². The molecule has 3 fully saturated rings. The van der Waals surface area contributed by atoms with Gasteiger partial charge in [-0.15, -0.1) is 0 Å². The van der Waals surface area contributed by atoms with Gasteiger partial charge in [0.1, 0.15) is 0 Å². The molecule has 0 heterocycles. The molecule has 108 valence electrons. The molecule has 3 saturated carbocycles. The van der Waals surface area contributed by atoms with E-state index in [1.165, 1.54) is 35.6 Å². The van der Waals surface area contributed by atoms with Gasteiger partial charge in [-0.3, -0.25) is 11.3 Å². The second-order valence-electron chi connectivity index (χ2n) is 7.28. The highest BCUT2D eigenvalue weighted by Crippen LogP contribution is 2.72. The maximum absolute atomic E-state index is 6.00. The van der Waals surface area contributed by atoms with Crippen LogP contribution in [0.5, 0.6) is 0 Å². The zero-order valence-electron chi connectivity index (χ0n) is 12.2. The molecule has 0 spiro atoms. The summed E-state index contributed by atoms with van der Waals surface area (Å²) in [4.78, 5) is 0. The second-order valence-corrected chi connectivity index (χ2v) is 7.28. The van der Waals surface area contributed by atoms with E-state index in [0.717, 1.165) is 29.6 Å². The van der Waals surface area contributed by atoms with Crippen LogP contribution in [0.15, 0.2) is 42.5 Å². The molecule has 2 heteroatoms. The normalized spacial score (nSPS) is 37.7. The predicted octanol–water partition coefficient (Wildman–Crippen LogP) is 3.64. The average Bonchev–Trinajstić information content (AvgIpc) is 2.94. The third-order valence-electron chi connectivity index (χ3n) is 6.52. The van der Waals surface area contributed by atoms with Gasteiger partial charge in [-0.2, -0.15) is 0 Å². The lowest BCUT2D eigenvalue weighted by atomic mass is 9.90. The van der Waals surface area contributed by atoms with Gasteiger partial charge < -0.3 is 0 Å². The molecule has 3 N–H and O–H groups in total. The van der Waals surface area contributed by atoms with E-state index in [9.17, 15) is 0 Å². The first-order valence-corrected chi connectivity index (χ1v) is 8.32. The van der Waals surface area contributed by atoms with Gasteiger partial charge in [-0.05, 0) is 65.2 Å². The lowest BCUT2D eigenvalue weighted by Gasteiger charge is -2.21. The summed E-state index contributed by atoms with van der Waals surface area (Å²) >= 11 is 0. The minimum Gasteiger partial charge on any atom is -0.271 e.